The number of carbonyl (C=O) groups excluding carboxylic acids is 1. The average Bonchev–Trinajstić information content (AvgIpc) is 2.99. The molecule has 0 aliphatic heterocycles. The summed E-state index contributed by atoms with van der Waals surface area (Å²) in [7, 11) is 3.12. The molecule has 1 aromatic heterocycles. The number of nitrogens with zero attached hydrogens (tertiary/aromatic N) is 2. The van der Waals surface area contributed by atoms with Crippen molar-refractivity contribution in [3.8, 4) is 11.5 Å². The van der Waals surface area contributed by atoms with Crippen molar-refractivity contribution in [3.63, 3.8) is 0 Å². The number of amides is 1. The molecule has 0 fully saturated rings. The van der Waals surface area contributed by atoms with E-state index >= 15 is 0 Å². The van der Waals surface area contributed by atoms with Crippen LogP contribution in [-0.2, 0) is 6.54 Å². The minimum absolute atomic E-state index is 0.200. The monoisotopic (exact) mass is 429 g/mol. The lowest BCUT2D eigenvalue weighted by molar-refractivity contribution is 0.102. The van der Waals surface area contributed by atoms with Crippen molar-refractivity contribution >= 4 is 34.3 Å². The highest BCUT2D eigenvalue weighted by atomic mass is 127. The zero-order chi connectivity index (χ0) is 16.8. The Bertz CT molecular complexity index is 685. The van der Waals surface area contributed by atoms with Crippen molar-refractivity contribution in [1.29, 1.82) is 0 Å². The number of halogens is 1. The zero-order valence-corrected chi connectivity index (χ0v) is 15.6. The molecule has 0 aliphatic carbocycles. The summed E-state index contributed by atoms with van der Waals surface area (Å²) in [5, 5.41) is 7.15. The van der Waals surface area contributed by atoms with Gasteiger partial charge >= 0.3 is 0 Å². The van der Waals surface area contributed by atoms with Gasteiger partial charge in [0.1, 0.15) is 5.82 Å². The molecule has 0 spiro atoms. The van der Waals surface area contributed by atoms with Crippen LogP contribution in [0.4, 0.5) is 5.82 Å². The highest BCUT2D eigenvalue weighted by molar-refractivity contribution is 14.1. The number of aromatic nitrogens is 2. The second-order valence-corrected chi connectivity index (χ2v) is 6.10. The maximum atomic E-state index is 12.6. The van der Waals surface area contributed by atoms with Gasteiger partial charge in [0.05, 0.1) is 26.0 Å². The SMILES string of the molecule is CCCCn1nccc1NC(=O)c1cc(OC)c(OC)cc1I. The third-order valence-corrected chi connectivity index (χ3v) is 4.29. The van der Waals surface area contributed by atoms with Crippen molar-refractivity contribution < 1.29 is 14.3 Å². The summed E-state index contributed by atoms with van der Waals surface area (Å²) >= 11 is 2.11. The van der Waals surface area contributed by atoms with Gasteiger partial charge in [-0.3, -0.25) is 4.79 Å². The first-order valence-corrected chi connectivity index (χ1v) is 8.43. The molecule has 0 aliphatic rings. The van der Waals surface area contributed by atoms with E-state index in [9.17, 15) is 4.79 Å². The van der Waals surface area contributed by atoms with E-state index in [-0.39, 0.29) is 5.91 Å². The lowest BCUT2D eigenvalue weighted by Crippen LogP contribution is -2.17. The van der Waals surface area contributed by atoms with Crippen LogP contribution in [0.2, 0.25) is 0 Å². The van der Waals surface area contributed by atoms with E-state index in [1.807, 2.05) is 0 Å². The van der Waals surface area contributed by atoms with Crippen LogP contribution in [0.15, 0.2) is 24.4 Å². The van der Waals surface area contributed by atoms with Crippen LogP contribution < -0.4 is 14.8 Å². The fourth-order valence-electron chi connectivity index (χ4n) is 2.14. The molecule has 1 aromatic carbocycles. The lowest BCUT2D eigenvalue weighted by atomic mass is 10.2. The van der Waals surface area contributed by atoms with Gasteiger partial charge in [-0.25, -0.2) is 4.68 Å². The molecule has 2 rings (SSSR count). The number of methoxy groups -OCH3 is 2. The first kappa shape index (κ1) is 17.6. The summed E-state index contributed by atoms with van der Waals surface area (Å²) in [4.78, 5) is 12.6. The van der Waals surface area contributed by atoms with Gasteiger partial charge in [0, 0.05) is 16.2 Å². The van der Waals surface area contributed by atoms with Crippen molar-refractivity contribution in [2.24, 2.45) is 0 Å². The summed E-state index contributed by atoms with van der Waals surface area (Å²) in [6.07, 6.45) is 3.77. The van der Waals surface area contributed by atoms with Crippen LogP contribution in [-0.4, -0.2) is 29.9 Å². The number of nitrogens with one attached hydrogen (secondary N) is 1. The van der Waals surface area contributed by atoms with E-state index in [1.54, 1.807) is 43.3 Å². The fraction of sp³-hybridized carbons (Fsp3) is 0.375. The Kier molecular flexibility index (Phi) is 6.26. The van der Waals surface area contributed by atoms with Gasteiger partial charge in [-0.05, 0) is 41.1 Å². The van der Waals surface area contributed by atoms with Crippen LogP contribution in [0.1, 0.15) is 30.1 Å². The maximum absolute atomic E-state index is 12.6. The number of unbranched alkanes of at least 4 members (excludes halogenated alkanes) is 1. The quantitative estimate of drug-likeness (QED) is 0.684. The Balaban J connectivity index is 2.23. The summed E-state index contributed by atoms with van der Waals surface area (Å²) in [6.45, 7) is 2.90. The van der Waals surface area contributed by atoms with Crippen molar-refractivity contribution in [2.75, 3.05) is 19.5 Å². The normalized spacial score (nSPS) is 10.4. The van der Waals surface area contributed by atoms with Gasteiger partial charge < -0.3 is 14.8 Å². The summed E-state index contributed by atoms with van der Waals surface area (Å²) < 4.78 is 13.1. The minimum atomic E-state index is -0.200. The molecule has 0 radical (unpaired) electrons. The number of carbonyl (C=O) groups is 1. The summed E-state index contributed by atoms with van der Waals surface area (Å²) in [6, 6.07) is 5.26. The van der Waals surface area contributed by atoms with Crippen molar-refractivity contribution in [3.05, 3.63) is 33.5 Å². The topological polar surface area (TPSA) is 65.4 Å². The molecule has 6 nitrogen and oxygen atoms in total. The molecular formula is C16H20IN3O3. The second-order valence-electron chi connectivity index (χ2n) is 4.93. The number of ether oxygens (including phenoxy) is 2. The second kappa shape index (κ2) is 8.19. The van der Waals surface area contributed by atoms with Crippen LogP contribution in [0.25, 0.3) is 0 Å². The van der Waals surface area contributed by atoms with Gasteiger partial charge in [0.15, 0.2) is 11.5 Å². The molecule has 0 unspecified atom stereocenters. The third-order valence-electron chi connectivity index (χ3n) is 3.40. The van der Waals surface area contributed by atoms with Crippen molar-refractivity contribution in [1.82, 2.24) is 9.78 Å². The molecule has 2 aromatic rings. The van der Waals surface area contributed by atoms with Gasteiger partial charge in [-0.1, -0.05) is 13.3 Å². The molecule has 0 bridgehead atoms. The molecule has 7 heteroatoms. The number of aryl methyl sites for hydroxylation is 1. The van der Waals surface area contributed by atoms with E-state index in [1.165, 1.54) is 0 Å². The number of anilines is 1. The predicted octanol–water partition coefficient (Wildman–Crippen LogP) is 3.56. The first-order chi connectivity index (χ1) is 11.1. The van der Waals surface area contributed by atoms with E-state index < -0.39 is 0 Å². The molecule has 0 saturated carbocycles. The highest BCUT2D eigenvalue weighted by Crippen LogP contribution is 2.31. The van der Waals surface area contributed by atoms with Gasteiger partial charge in [0.2, 0.25) is 0 Å². The number of rotatable bonds is 7. The molecular weight excluding hydrogens is 409 g/mol. The van der Waals surface area contributed by atoms with E-state index in [0.29, 0.717) is 22.9 Å². The molecule has 0 saturated heterocycles. The Morgan fingerprint density at radius 1 is 1.30 bits per heavy atom. The summed E-state index contributed by atoms with van der Waals surface area (Å²) in [5.41, 5.74) is 0.534. The van der Waals surface area contributed by atoms with Crippen molar-refractivity contribution in [2.45, 2.75) is 26.3 Å². The van der Waals surface area contributed by atoms with Crippen LogP contribution in [0.3, 0.4) is 0 Å². The first-order valence-electron chi connectivity index (χ1n) is 7.35. The third kappa shape index (κ3) is 4.15. The highest BCUT2D eigenvalue weighted by Gasteiger charge is 2.17. The largest absolute Gasteiger partial charge is 0.493 e. The number of hydrogen-bond acceptors (Lipinski definition) is 4. The Morgan fingerprint density at radius 2 is 2.00 bits per heavy atom. The predicted molar refractivity (Wildman–Crippen MR) is 97.4 cm³/mol. The lowest BCUT2D eigenvalue weighted by Gasteiger charge is -2.13. The molecule has 124 valence electrons. The molecule has 1 amide bonds. The molecule has 1 N–H and O–H groups in total. The number of benzene rings is 1. The molecule has 0 atom stereocenters. The minimum Gasteiger partial charge on any atom is -0.493 e. The molecule has 23 heavy (non-hydrogen) atoms. The standard InChI is InChI=1S/C16H20IN3O3/c1-4-5-8-20-15(6-7-18-20)19-16(21)11-9-13(22-2)14(23-3)10-12(11)17/h6-7,9-10H,4-5,8H2,1-3H3,(H,19,21). The zero-order valence-electron chi connectivity index (χ0n) is 13.4. The van der Waals surface area contributed by atoms with E-state index in [4.69, 9.17) is 9.47 Å². The average molecular weight is 429 g/mol. The van der Waals surface area contributed by atoms with Gasteiger partial charge in [-0.15, -0.1) is 0 Å². The van der Waals surface area contributed by atoms with E-state index in [2.05, 4.69) is 39.9 Å². The maximum Gasteiger partial charge on any atom is 0.258 e. The summed E-state index contributed by atoms with van der Waals surface area (Å²) in [5.74, 6) is 1.61. The fourth-order valence-corrected chi connectivity index (χ4v) is 2.82. The van der Waals surface area contributed by atoms with Crippen LogP contribution in [0, 0.1) is 3.57 Å². The van der Waals surface area contributed by atoms with Gasteiger partial charge in [-0.2, -0.15) is 5.10 Å². The molecule has 1 heterocycles. The van der Waals surface area contributed by atoms with E-state index in [0.717, 1.165) is 23.0 Å². The Morgan fingerprint density at radius 3 is 2.65 bits per heavy atom. The Hall–Kier alpha value is -1.77. The number of hydrogen-bond donors (Lipinski definition) is 1. The van der Waals surface area contributed by atoms with Crippen LogP contribution in [0.5, 0.6) is 11.5 Å². The smallest absolute Gasteiger partial charge is 0.258 e. The Labute approximate surface area is 149 Å². The van der Waals surface area contributed by atoms with Crippen LogP contribution >= 0.6 is 22.6 Å². The van der Waals surface area contributed by atoms with Gasteiger partial charge in [0.25, 0.3) is 5.91 Å².